The Kier molecular flexibility index (Phi) is 6.20. The van der Waals surface area contributed by atoms with E-state index in [0.717, 1.165) is 22.3 Å². The van der Waals surface area contributed by atoms with Gasteiger partial charge in [0.25, 0.3) is 0 Å². The molecule has 3 rings (SSSR count). The summed E-state index contributed by atoms with van der Waals surface area (Å²) in [6, 6.07) is 12.2. The molecule has 1 aliphatic rings. The summed E-state index contributed by atoms with van der Waals surface area (Å²) in [5, 5.41) is 2.12. The van der Waals surface area contributed by atoms with E-state index in [4.69, 9.17) is 9.47 Å². The summed E-state index contributed by atoms with van der Waals surface area (Å²) in [5.74, 6) is -0.967. The van der Waals surface area contributed by atoms with E-state index >= 15 is 0 Å². The third-order valence-electron chi connectivity index (χ3n) is 4.70. The molecule has 0 heterocycles. The van der Waals surface area contributed by atoms with E-state index in [1.807, 2.05) is 48.5 Å². The average molecular weight is 413 g/mol. The summed E-state index contributed by atoms with van der Waals surface area (Å²) >= 11 is 0. The van der Waals surface area contributed by atoms with Crippen molar-refractivity contribution in [2.45, 2.75) is 44.8 Å². The number of halogens is 1. The molecular weight excluding hydrogens is 389 g/mol. The zero-order valence-electron chi connectivity index (χ0n) is 17.1. The van der Waals surface area contributed by atoms with Gasteiger partial charge < -0.3 is 14.8 Å². The van der Waals surface area contributed by atoms with Gasteiger partial charge in [0, 0.05) is 5.92 Å². The van der Waals surface area contributed by atoms with E-state index in [9.17, 15) is 18.8 Å². The number of benzene rings is 2. The molecule has 0 unspecified atom stereocenters. The number of esters is 1. The van der Waals surface area contributed by atoms with Gasteiger partial charge in [0.2, 0.25) is 0 Å². The molecule has 0 aromatic heterocycles. The molecule has 0 saturated carbocycles. The highest BCUT2D eigenvalue weighted by Crippen LogP contribution is 2.44. The maximum absolute atomic E-state index is 13.3. The summed E-state index contributed by atoms with van der Waals surface area (Å²) in [6.07, 6.45) is -1.59. The van der Waals surface area contributed by atoms with Gasteiger partial charge in [-0.15, -0.1) is 0 Å². The van der Waals surface area contributed by atoms with E-state index in [-0.39, 0.29) is 12.5 Å². The number of hydrogen-bond acceptors (Lipinski definition) is 5. The minimum atomic E-state index is -1.84. The molecule has 2 aromatic rings. The molecule has 6 nitrogen and oxygen atoms in total. The highest BCUT2D eigenvalue weighted by Gasteiger charge is 2.31. The van der Waals surface area contributed by atoms with Gasteiger partial charge in [-0.1, -0.05) is 48.5 Å². The Hall–Kier alpha value is -3.22. The fourth-order valence-corrected chi connectivity index (χ4v) is 3.52. The molecule has 2 aromatic carbocycles. The number of hydrogen-bond donors (Lipinski definition) is 1. The molecule has 0 radical (unpaired) electrons. The van der Waals surface area contributed by atoms with Gasteiger partial charge >= 0.3 is 18.1 Å². The number of nitrogens with one attached hydrogen (secondary N) is 1. The molecule has 1 atom stereocenters. The van der Waals surface area contributed by atoms with Gasteiger partial charge in [-0.2, -0.15) is 4.39 Å². The van der Waals surface area contributed by atoms with Crippen LogP contribution in [0.25, 0.3) is 11.1 Å². The third-order valence-corrected chi connectivity index (χ3v) is 4.70. The minimum Gasteiger partial charge on any atom is -0.460 e. The van der Waals surface area contributed by atoms with Crippen LogP contribution in [0.2, 0.25) is 0 Å². The first-order valence-corrected chi connectivity index (χ1v) is 9.68. The van der Waals surface area contributed by atoms with Crippen molar-refractivity contribution >= 4 is 18.1 Å². The first-order chi connectivity index (χ1) is 14.2. The first kappa shape index (κ1) is 21.5. The Morgan fingerprint density at radius 1 is 1.00 bits per heavy atom. The van der Waals surface area contributed by atoms with Crippen molar-refractivity contribution in [2.75, 3.05) is 6.61 Å². The Bertz CT molecular complexity index is 921. The lowest BCUT2D eigenvalue weighted by atomic mass is 9.98. The number of rotatable bonds is 6. The van der Waals surface area contributed by atoms with Crippen molar-refractivity contribution in [2.24, 2.45) is 0 Å². The maximum atomic E-state index is 13.3. The summed E-state index contributed by atoms with van der Waals surface area (Å²) < 4.78 is 23.7. The highest BCUT2D eigenvalue weighted by molar-refractivity contribution is 5.86. The van der Waals surface area contributed by atoms with Crippen molar-refractivity contribution in [1.82, 2.24) is 5.32 Å². The Labute approximate surface area is 174 Å². The SMILES string of the molecule is CC(C)(C)OC(=O)C[C@@H](NC(=O)OCC1c2ccccc2-c2ccccc21)C(=O)F. The number of ether oxygens (including phenoxy) is 2. The molecule has 7 heteroatoms. The monoisotopic (exact) mass is 413 g/mol. The van der Waals surface area contributed by atoms with Crippen molar-refractivity contribution in [3.63, 3.8) is 0 Å². The number of alkyl carbamates (subject to hydrolysis) is 1. The van der Waals surface area contributed by atoms with Crippen LogP contribution in [0.15, 0.2) is 48.5 Å². The summed E-state index contributed by atoms with van der Waals surface area (Å²) in [6.45, 7) is 4.96. The predicted octanol–water partition coefficient (Wildman–Crippen LogP) is 4.12. The van der Waals surface area contributed by atoms with Crippen molar-refractivity contribution in [1.29, 1.82) is 0 Å². The van der Waals surface area contributed by atoms with Crippen molar-refractivity contribution in [3.8, 4) is 11.1 Å². The quantitative estimate of drug-likeness (QED) is 0.569. The van der Waals surface area contributed by atoms with Crippen LogP contribution >= 0.6 is 0 Å². The highest BCUT2D eigenvalue weighted by atomic mass is 19.1. The van der Waals surface area contributed by atoms with Crippen LogP contribution < -0.4 is 5.32 Å². The summed E-state index contributed by atoms with van der Waals surface area (Å²) in [7, 11) is 0. The molecule has 1 N–H and O–H groups in total. The Balaban J connectivity index is 1.64. The van der Waals surface area contributed by atoms with Gasteiger partial charge in [-0.05, 0) is 43.0 Å². The van der Waals surface area contributed by atoms with Gasteiger partial charge in [0.1, 0.15) is 18.2 Å². The zero-order valence-corrected chi connectivity index (χ0v) is 17.1. The number of carbonyl (C=O) groups is 3. The van der Waals surface area contributed by atoms with E-state index in [0.29, 0.717) is 0 Å². The second kappa shape index (κ2) is 8.65. The Morgan fingerprint density at radius 3 is 2.03 bits per heavy atom. The molecule has 0 spiro atoms. The average Bonchev–Trinajstić information content (AvgIpc) is 2.98. The van der Waals surface area contributed by atoms with Crippen LogP contribution in [0.3, 0.4) is 0 Å². The molecule has 0 bridgehead atoms. The zero-order chi connectivity index (χ0) is 21.9. The predicted molar refractivity (Wildman–Crippen MR) is 109 cm³/mol. The van der Waals surface area contributed by atoms with Crippen LogP contribution in [0.1, 0.15) is 44.2 Å². The molecule has 0 saturated heterocycles. The summed E-state index contributed by atoms with van der Waals surface area (Å²) in [4.78, 5) is 35.3. The van der Waals surface area contributed by atoms with E-state index < -0.39 is 36.2 Å². The second-order valence-corrected chi connectivity index (χ2v) is 8.12. The molecule has 158 valence electrons. The van der Waals surface area contributed by atoms with Crippen LogP contribution in [0, 0.1) is 0 Å². The molecule has 0 fully saturated rings. The normalized spacial score (nSPS) is 13.7. The first-order valence-electron chi connectivity index (χ1n) is 9.68. The van der Waals surface area contributed by atoms with Crippen molar-refractivity contribution < 1.29 is 28.2 Å². The van der Waals surface area contributed by atoms with Crippen LogP contribution in [-0.2, 0) is 19.1 Å². The fraction of sp³-hybridized carbons (Fsp3) is 0.348. The molecule has 0 aliphatic heterocycles. The molecule has 1 amide bonds. The standard InChI is InChI=1S/C23H24FNO5/c1-23(2,3)30-20(26)12-19(21(24)27)25-22(28)29-13-18-16-10-6-4-8-14(16)15-9-5-7-11-17(15)18/h4-11,18-19H,12-13H2,1-3H3,(H,25,28)/t19-/m1/s1. The van der Waals surface area contributed by atoms with Gasteiger partial charge in [0.15, 0.2) is 0 Å². The number of carbonyl (C=O) groups excluding carboxylic acids is 3. The smallest absolute Gasteiger partial charge is 0.407 e. The molecule has 30 heavy (non-hydrogen) atoms. The minimum absolute atomic E-state index is 0.0134. The Morgan fingerprint density at radius 2 is 1.53 bits per heavy atom. The van der Waals surface area contributed by atoms with E-state index in [2.05, 4.69) is 5.32 Å². The largest absolute Gasteiger partial charge is 0.460 e. The van der Waals surface area contributed by atoms with Crippen LogP contribution in [0.4, 0.5) is 9.18 Å². The van der Waals surface area contributed by atoms with Gasteiger partial charge in [-0.25, -0.2) is 4.79 Å². The van der Waals surface area contributed by atoms with Gasteiger partial charge in [-0.3, -0.25) is 9.59 Å². The topological polar surface area (TPSA) is 81.7 Å². The lowest BCUT2D eigenvalue weighted by Crippen LogP contribution is -2.42. The van der Waals surface area contributed by atoms with Gasteiger partial charge in [0.05, 0.1) is 6.42 Å². The summed E-state index contributed by atoms with van der Waals surface area (Å²) in [5.41, 5.74) is 3.41. The second-order valence-electron chi connectivity index (χ2n) is 8.12. The number of fused-ring (bicyclic) bond motifs is 3. The third kappa shape index (κ3) is 5.03. The lowest BCUT2D eigenvalue weighted by molar-refractivity contribution is -0.157. The van der Waals surface area contributed by atoms with Crippen LogP contribution in [0.5, 0.6) is 0 Å². The van der Waals surface area contributed by atoms with Crippen molar-refractivity contribution in [3.05, 3.63) is 59.7 Å². The maximum Gasteiger partial charge on any atom is 0.407 e. The van der Waals surface area contributed by atoms with Crippen LogP contribution in [-0.4, -0.2) is 36.3 Å². The molecule has 1 aliphatic carbocycles. The molecular formula is C23H24FNO5. The number of amides is 1. The van der Waals surface area contributed by atoms with E-state index in [1.54, 1.807) is 20.8 Å². The lowest BCUT2D eigenvalue weighted by Gasteiger charge is -2.21. The fourth-order valence-electron chi connectivity index (χ4n) is 3.52. The van der Waals surface area contributed by atoms with E-state index in [1.165, 1.54) is 0 Å².